The third kappa shape index (κ3) is 5.25. The molecule has 2 rings (SSSR count). The van der Waals surface area contributed by atoms with E-state index in [0.29, 0.717) is 24.7 Å². The van der Waals surface area contributed by atoms with Crippen molar-refractivity contribution in [2.75, 3.05) is 24.3 Å². The minimum Gasteiger partial charge on any atom is -0.491 e. The van der Waals surface area contributed by atoms with Gasteiger partial charge in [0.2, 0.25) is 5.91 Å². The van der Waals surface area contributed by atoms with Crippen molar-refractivity contribution in [3.8, 4) is 5.75 Å². The van der Waals surface area contributed by atoms with Gasteiger partial charge in [-0.2, -0.15) is 8.42 Å². The molecule has 0 spiro atoms. The van der Waals surface area contributed by atoms with E-state index >= 15 is 0 Å². The third-order valence-electron chi connectivity index (χ3n) is 2.29. The van der Waals surface area contributed by atoms with Crippen LogP contribution in [-0.2, 0) is 19.6 Å². The maximum absolute atomic E-state index is 11.2. The number of rotatable bonds is 6. The van der Waals surface area contributed by atoms with Gasteiger partial charge < -0.3 is 14.8 Å². The van der Waals surface area contributed by atoms with Crippen LogP contribution in [0.5, 0.6) is 5.75 Å². The summed E-state index contributed by atoms with van der Waals surface area (Å²) in [5, 5.41) is 2.34. The highest BCUT2D eigenvalue weighted by atomic mass is 32.2. The zero-order valence-corrected chi connectivity index (χ0v) is 10.7. The normalized spacial score (nSPS) is 17.8. The van der Waals surface area contributed by atoms with E-state index in [1.54, 1.807) is 24.3 Å². The number of nitrogens with one attached hydrogen (secondary N) is 1. The molecule has 1 unspecified atom stereocenters. The summed E-state index contributed by atoms with van der Waals surface area (Å²) in [4.78, 5) is 11.2. The van der Waals surface area contributed by atoms with Crippen molar-refractivity contribution in [1.29, 1.82) is 0 Å². The Labute approximate surface area is 110 Å². The molecule has 0 radical (unpaired) electrons. The fourth-order valence-corrected chi connectivity index (χ4v) is 1.75. The number of carbonyl (C=O) groups is 1. The van der Waals surface area contributed by atoms with Crippen LogP contribution in [0.3, 0.4) is 0 Å². The molecule has 104 valence electrons. The number of hydrogen-bond acceptors (Lipinski definition) is 5. The van der Waals surface area contributed by atoms with Crippen LogP contribution in [0.4, 0.5) is 5.69 Å². The average Bonchev–Trinajstić information content (AvgIpc) is 3.09. The standard InChI is InChI=1S/C11H13NO6S/c13-11(7-19(14,15)16)12-8-1-3-9(4-2-8)17-5-10-6-18-10/h1-4,10H,5-7H2,(H,12,13)(H,14,15,16). The number of amides is 1. The van der Waals surface area contributed by atoms with Crippen LogP contribution in [0.2, 0.25) is 0 Å². The molecule has 1 atom stereocenters. The van der Waals surface area contributed by atoms with Gasteiger partial charge in [-0.3, -0.25) is 9.35 Å². The Morgan fingerprint density at radius 2 is 2.05 bits per heavy atom. The van der Waals surface area contributed by atoms with E-state index in [9.17, 15) is 13.2 Å². The summed E-state index contributed by atoms with van der Waals surface area (Å²) in [6, 6.07) is 6.44. The highest BCUT2D eigenvalue weighted by molar-refractivity contribution is 7.86. The largest absolute Gasteiger partial charge is 0.491 e. The summed E-state index contributed by atoms with van der Waals surface area (Å²) in [5.41, 5.74) is 0.420. The number of benzene rings is 1. The van der Waals surface area contributed by atoms with Crippen molar-refractivity contribution in [2.45, 2.75) is 6.10 Å². The maximum Gasteiger partial charge on any atom is 0.274 e. The van der Waals surface area contributed by atoms with E-state index in [1.807, 2.05) is 0 Å². The van der Waals surface area contributed by atoms with E-state index in [0.717, 1.165) is 0 Å². The van der Waals surface area contributed by atoms with Crippen molar-refractivity contribution in [3.05, 3.63) is 24.3 Å². The molecule has 1 aromatic carbocycles. The predicted octanol–water partition coefficient (Wildman–Crippen LogP) is 0.290. The Morgan fingerprint density at radius 3 is 2.58 bits per heavy atom. The van der Waals surface area contributed by atoms with Crippen LogP contribution in [0.25, 0.3) is 0 Å². The Bertz CT molecular complexity index is 549. The molecule has 19 heavy (non-hydrogen) atoms. The summed E-state index contributed by atoms with van der Waals surface area (Å²) in [7, 11) is -4.31. The molecule has 2 N–H and O–H groups in total. The van der Waals surface area contributed by atoms with Crippen LogP contribution in [-0.4, -0.2) is 43.9 Å². The first-order valence-electron chi connectivity index (χ1n) is 5.52. The Morgan fingerprint density at radius 1 is 1.42 bits per heavy atom. The molecule has 1 aromatic rings. The van der Waals surface area contributed by atoms with Crippen LogP contribution < -0.4 is 10.1 Å². The van der Waals surface area contributed by atoms with Crippen LogP contribution >= 0.6 is 0 Å². The maximum atomic E-state index is 11.2. The van der Waals surface area contributed by atoms with Gasteiger partial charge in [0.1, 0.15) is 18.5 Å². The lowest BCUT2D eigenvalue weighted by atomic mass is 10.3. The second kappa shape index (κ2) is 5.55. The predicted molar refractivity (Wildman–Crippen MR) is 66.7 cm³/mol. The summed E-state index contributed by atoms with van der Waals surface area (Å²) in [5.74, 6) is -1.14. The molecule has 0 aliphatic carbocycles. The molecular weight excluding hydrogens is 274 g/mol. The molecule has 0 aromatic heterocycles. The fraction of sp³-hybridized carbons (Fsp3) is 0.364. The SMILES string of the molecule is O=C(CS(=O)(=O)O)Nc1ccc(OCC2CO2)cc1. The number of carbonyl (C=O) groups excluding carboxylic acids is 1. The van der Waals surface area contributed by atoms with Gasteiger partial charge in [0.05, 0.1) is 6.61 Å². The topological polar surface area (TPSA) is 105 Å². The number of anilines is 1. The van der Waals surface area contributed by atoms with Gasteiger partial charge in [-0.1, -0.05) is 0 Å². The van der Waals surface area contributed by atoms with Crippen molar-refractivity contribution >= 4 is 21.7 Å². The molecule has 8 heteroatoms. The molecule has 1 aliphatic rings. The quantitative estimate of drug-likeness (QED) is 0.575. The highest BCUT2D eigenvalue weighted by Crippen LogP contribution is 2.18. The lowest BCUT2D eigenvalue weighted by Crippen LogP contribution is -2.22. The van der Waals surface area contributed by atoms with Crippen LogP contribution in [0.15, 0.2) is 24.3 Å². The Hall–Kier alpha value is -1.64. The monoisotopic (exact) mass is 287 g/mol. The lowest BCUT2D eigenvalue weighted by molar-refractivity contribution is -0.113. The molecule has 0 bridgehead atoms. The Kier molecular flexibility index (Phi) is 4.03. The van der Waals surface area contributed by atoms with E-state index in [-0.39, 0.29) is 6.10 Å². The number of epoxide rings is 1. The summed E-state index contributed by atoms with van der Waals surface area (Å²) in [6.07, 6.45) is 0.161. The summed E-state index contributed by atoms with van der Waals surface area (Å²) in [6.45, 7) is 1.19. The first-order valence-corrected chi connectivity index (χ1v) is 7.13. The molecular formula is C11H13NO6S. The minimum absolute atomic E-state index is 0.161. The van der Waals surface area contributed by atoms with E-state index < -0.39 is 21.8 Å². The molecule has 1 heterocycles. The molecule has 1 saturated heterocycles. The number of ether oxygens (including phenoxy) is 2. The second-order valence-corrected chi connectivity index (χ2v) is 5.52. The van der Waals surface area contributed by atoms with Crippen molar-refractivity contribution < 1.29 is 27.2 Å². The van der Waals surface area contributed by atoms with Gasteiger partial charge in [0.15, 0.2) is 5.75 Å². The average molecular weight is 287 g/mol. The van der Waals surface area contributed by atoms with E-state index in [1.165, 1.54) is 0 Å². The van der Waals surface area contributed by atoms with Gasteiger partial charge >= 0.3 is 0 Å². The highest BCUT2D eigenvalue weighted by Gasteiger charge is 2.23. The Balaban J connectivity index is 1.85. The zero-order chi connectivity index (χ0) is 13.9. The number of hydrogen-bond donors (Lipinski definition) is 2. The van der Waals surface area contributed by atoms with Crippen LogP contribution in [0.1, 0.15) is 0 Å². The zero-order valence-electron chi connectivity index (χ0n) is 9.90. The van der Waals surface area contributed by atoms with Gasteiger partial charge in [-0.25, -0.2) is 0 Å². The van der Waals surface area contributed by atoms with Crippen molar-refractivity contribution in [3.63, 3.8) is 0 Å². The molecule has 1 amide bonds. The third-order valence-corrected chi connectivity index (χ3v) is 2.92. The van der Waals surface area contributed by atoms with Gasteiger partial charge in [-0.05, 0) is 24.3 Å². The molecule has 1 fully saturated rings. The van der Waals surface area contributed by atoms with Crippen LogP contribution in [0, 0.1) is 0 Å². The van der Waals surface area contributed by atoms with E-state index in [4.69, 9.17) is 14.0 Å². The fourth-order valence-electron chi connectivity index (χ4n) is 1.35. The van der Waals surface area contributed by atoms with Crippen molar-refractivity contribution in [2.24, 2.45) is 0 Å². The van der Waals surface area contributed by atoms with Gasteiger partial charge in [0.25, 0.3) is 10.1 Å². The van der Waals surface area contributed by atoms with Gasteiger partial charge in [-0.15, -0.1) is 0 Å². The van der Waals surface area contributed by atoms with Crippen molar-refractivity contribution in [1.82, 2.24) is 0 Å². The first kappa shape index (κ1) is 13.8. The lowest BCUT2D eigenvalue weighted by Gasteiger charge is -2.06. The molecule has 1 aliphatic heterocycles. The minimum atomic E-state index is -4.31. The first-order chi connectivity index (χ1) is 8.92. The summed E-state index contributed by atoms with van der Waals surface area (Å²) >= 11 is 0. The second-order valence-electron chi connectivity index (χ2n) is 4.07. The molecule has 0 saturated carbocycles. The summed E-state index contributed by atoms with van der Waals surface area (Å²) < 4.78 is 39.9. The van der Waals surface area contributed by atoms with E-state index in [2.05, 4.69) is 5.32 Å². The molecule has 7 nitrogen and oxygen atoms in total. The smallest absolute Gasteiger partial charge is 0.274 e. The van der Waals surface area contributed by atoms with Gasteiger partial charge in [0, 0.05) is 5.69 Å².